The number of nitrogens with one attached hydrogen (secondary N) is 2. The van der Waals surface area contributed by atoms with Crippen LogP contribution in [0.4, 0.5) is 5.69 Å². The highest BCUT2D eigenvalue weighted by Crippen LogP contribution is 2.19. The Balaban J connectivity index is 0.00000261. The lowest BCUT2D eigenvalue weighted by Gasteiger charge is -2.34. The number of hydrogen-bond donors (Lipinski definition) is 2. The molecule has 0 spiro atoms. The summed E-state index contributed by atoms with van der Waals surface area (Å²) in [6.07, 6.45) is 5.10. The molecule has 0 amide bonds. The molecule has 2 heterocycles. The number of benzene rings is 1. The third-order valence-electron chi connectivity index (χ3n) is 4.57. The van der Waals surface area contributed by atoms with E-state index >= 15 is 0 Å². The molecule has 5 nitrogen and oxygen atoms in total. The normalized spacial score (nSPS) is 15.3. The van der Waals surface area contributed by atoms with Crippen molar-refractivity contribution in [2.24, 2.45) is 4.99 Å². The number of para-hydroxylation sites is 1. The van der Waals surface area contributed by atoms with Crippen molar-refractivity contribution in [2.75, 3.05) is 31.1 Å². The molecule has 0 saturated carbocycles. The number of aromatic nitrogens is 1. The lowest BCUT2D eigenvalue weighted by molar-refractivity contribution is 0.461. The molecule has 2 N–H and O–H groups in total. The van der Waals surface area contributed by atoms with Gasteiger partial charge in [-0.2, -0.15) is 0 Å². The monoisotopic (exact) mass is 499 g/mol. The van der Waals surface area contributed by atoms with E-state index in [1.165, 1.54) is 15.6 Å². The van der Waals surface area contributed by atoms with Gasteiger partial charge in [0.05, 0.1) is 5.01 Å². The van der Waals surface area contributed by atoms with Gasteiger partial charge in [0.2, 0.25) is 0 Å². The van der Waals surface area contributed by atoms with Crippen molar-refractivity contribution < 1.29 is 0 Å². The zero-order valence-corrected chi connectivity index (χ0v) is 19.3. The number of anilines is 1. The van der Waals surface area contributed by atoms with Gasteiger partial charge in [0.1, 0.15) is 0 Å². The molecular formula is C20H30IN5S. The van der Waals surface area contributed by atoms with Gasteiger partial charge >= 0.3 is 0 Å². The molecule has 2 aromatic rings. The molecule has 0 unspecified atom stereocenters. The van der Waals surface area contributed by atoms with Crippen LogP contribution in [0.15, 0.2) is 41.5 Å². The first-order chi connectivity index (χ1) is 12.7. The van der Waals surface area contributed by atoms with Crippen LogP contribution in [0, 0.1) is 6.92 Å². The van der Waals surface area contributed by atoms with Crippen LogP contribution in [-0.2, 0) is 6.42 Å². The second-order valence-corrected chi connectivity index (χ2v) is 7.94. The molecule has 1 saturated heterocycles. The fourth-order valence-corrected chi connectivity index (χ4v) is 3.99. The predicted molar refractivity (Wildman–Crippen MR) is 127 cm³/mol. The van der Waals surface area contributed by atoms with Crippen molar-refractivity contribution in [3.8, 4) is 0 Å². The molecule has 0 radical (unpaired) electrons. The maximum Gasteiger partial charge on any atom is 0.191 e. The van der Waals surface area contributed by atoms with Gasteiger partial charge < -0.3 is 15.5 Å². The molecule has 0 aliphatic carbocycles. The molecule has 1 fully saturated rings. The first kappa shape index (κ1) is 21.9. The van der Waals surface area contributed by atoms with E-state index in [0.717, 1.165) is 51.4 Å². The number of piperidine rings is 1. The van der Waals surface area contributed by atoms with Crippen molar-refractivity contribution in [1.29, 1.82) is 0 Å². The summed E-state index contributed by atoms with van der Waals surface area (Å²) in [5, 5.41) is 8.15. The van der Waals surface area contributed by atoms with Gasteiger partial charge in [-0.1, -0.05) is 18.2 Å². The van der Waals surface area contributed by atoms with Crippen molar-refractivity contribution >= 4 is 47.0 Å². The van der Waals surface area contributed by atoms with E-state index < -0.39 is 0 Å². The molecule has 1 aromatic carbocycles. The second kappa shape index (κ2) is 11.5. The number of guanidine groups is 1. The van der Waals surface area contributed by atoms with Crippen molar-refractivity contribution in [1.82, 2.24) is 15.6 Å². The summed E-state index contributed by atoms with van der Waals surface area (Å²) in [7, 11) is 0. The Bertz CT molecular complexity index is 695. The zero-order chi connectivity index (χ0) is 18.2. The number of hydrogen-bond acceptors (Lipinski definition) is 4. The maximum absolute atomic E-state index is 4.74. The van der Waals surface area contributed by atoms with E-state index in [2.05, 4.69) is 64.7 Å². The summed E-state index contributed by atoms with van der Waals surface area (Å²) in [6.45, 7) is 8.02. The summed E-state index contributed by atoms with van der Waals surface area (Å²) in [6, 6.07) is 11.2. The molecule has 7 heteroatoms. The SMILES string of the molecule is CCNC(=NCCc1ncc(C)s1)NC1CCN(c2ccccc2)CC1.I. The Kier molecular flexibility index (Phi) is 9.33. The van der Waals surface area contributed by atoms with Crippen LogP contribution >= 0.6 is 35.3 Å². The van der Waals surface area contributed by atoms with Crippen LogP contribution in [0.2, 0.25) is 0 Å². The van der Waals surface area contributed by atoms with E-state index in [0.29, 0.717) is 6.04 Å². The first-order valence-corrected chi connectivity index (χ1v) is 10.3. The number of rotatable bonds is 6. The fourth-order valence-electron chi connectivity index (χ4n) is 3.21. The molecule has 148 valence electrons. The molecule has 1 aromatic heterocycles. The van der Waals surface area contributed by atoms with Gasteiger partial charge in [0.25, 0.3) is 0 Å². The number of halogens is 1. The average Bonchev–Trinajstić information content (AvgIpc) is 3.08. The van der Waals surface area contributed by atoms with Gasteiger partial charge in [-0.15, -0.1) is 35.3 Å². The highest BCUT2D eigenvalue weighted by molar-refractivity contribution is 14.0. The summed E-state index contributed by atoms with van der Waals surface area (Å²) >= 11 is 1.76. The van der Waals surface area contributed by atoms with E-state index in [1.807, 2.05) is 6.20 Å². The molecule has 27 heavy (non-hydrogen) atoms. The Labute approximate surface area is 183 Å². The summed E-state index contributed by atoms with van der Waals surface area (Å²) < 4.78 is 0. The summed E-state index contributed by atoms with van der Waals surface area (Å²) in [5.41, 5.74) is 1.32. The smallest absolute Gasteiger partial charge is 0.191 e. The fraction of sp³-hybridized carbons (Fsp3) is 0.500. The Morgan fingerprint density at radius 3 is 2.63 bits per heavy atom. The van der Waals surface area contributed by atoms with E-state index in [4.69, 9.17) is 4.99 Å². The van der Waals surface area contributed by atoms with Crippen molar-refractivity contribution in [2.45, 2.75) is 39.2 Å². The molecular weight excluding hydrogens is 469 g/mol. The van der Waals surface area contributed by atoms with Crippen LogP contribution in [0.1, 0.15) is 29.7 Å². The van der Waals surface area contributed by atoms with Gasteiger partial charge in [-0.05, 0) is 38.8 Å². The first-order valence-electron chi connectivity index (χ1n) is 9.50. The number of aryl methyl sites for hydroxylation is 1. The number of nitrogens with zero attached hydrogens (tertiary/aromatic N) is 3. The minimum atomic E-state index is 0. The molecule has 0 bridgehead atoms. The zero-order valence-electron chi connectivity index (χ0n) is 16.1. The van der Waals surface area contributed by atoms with Gasteiger partial charge in [0.15, 0.2) is 5.96 Å². The largest absolute Gasteiger partial charge is 0.371 e. The quantitative estimate of drug-likeness (QED) is 0.361. The highest BCUT2D eigenvalue weighted by Gasteiger charge is 2.20. The van der Waals surface area contributed by atoms with Crippen molar-refractivity contribution in [3.63, 3.8) is 0 Å². The third-order valence-corrected chi connectivity index (χ3v) is 5.54. The maximum atomic E-state index is 4.74. The van der Waals surface area contributed by atoms with Gasteiger partial charge in [-0.3, -0.25) is 4.99 Å². The third kappa shape index (κ3) is 6.95. The van der Waals surface area contributed by atoms with Crippen molar-refractivity contribution in [3.05, 3.63) is 46.4 Å². The van der Waals surface area contributed by atoms with Crippen LogP contribution in [0.3, 0.4) is 0 Å². The average molecular weight is 499 g/mol. The predicted octanol–water partition coefficient (Wildman–Crippen LogP) is 3.84. The molecule has 1 aliphatic rings. The Morgan fingerprint density at radius 1 is 1.26 bits per heavy atom. The minimum absolute atomic E-state index is 0. The lowest BCUT2D eigenvalue weighted by atomic mass is 10.0. The van der Waals surface area contributed by atoms with Crippen LogP contribution in [0.25, 0.3) is 0 Å². The Hall–Kier alpha value is -1.35. The molecule has 1 aliphatic heterocycles. The van der Waals surface area contributed by atoms with Crippen LogP contribution < -0.4 is 15.5 Å². The Morgan fingerprint density at radius 2 is 2.00 bits per heavy atom. The minimum Gasteiger partial charge on any atom is -0.371 e. The van der Waals surface area contributed by atoms with E-state index in [9.17, 15) is 0 Å². The van der Waals surface area contributed by atoms with E-state index in [-0.39, 0.29) is 24.0 Å². The van der Waals surface area contributed by atoms with Gasteiger partial charge in [-0.25, -0.2) is 4.98 Å². The molecule has 3 rings (SSSR count). The number of aliphatic imine (C=N–C) groups is 1. The second-order valence-electron chi connectivity index (χ2n) is 6.62. The topological polar surface area (TPSA) is 52.6 Å². The standard InChI is InChI=1S/C20H29N5S.HI/c1-3-21-20(22-12-9-19-23-15-16(2)26-19)24-17-10-13-25(14-11-17)18-7-5-4-6-8-18;/h4-8,15,17H,3,9-14H2,1-2H3,(H2,21,22,24);1H. The number of thiazole rings is 1. The van der Waals surface area contributed by atoms with Gasteiger partial charge in [0, 0.05) is 55.4 Å². The molecule has 0 atom stereocenters. The summed E-state index contributed by atoms with van der Waals surface area (Å²) in [4.78, 5) is 12.9. The van der Waals surface area contributed by atoms with E-state index in [1.54, 1.807) is 11.3 Å². The summed E-state index contributed by atoms with van der Waals surface area (Å²) in [5.74, 6) is 0.930. The lowest BCUT2D eigenvalue weighted by Crippen LogP contribution is -2.48. The van der Waals surface area contributed by atoms with Crippen LogP contribution in [0.5, 0.6) is 0 Å². The van der Waals surface area contributed by atoms with Crippen LogP contribution in [-0.4, -0.2) is 43.2 Å². The highest BCUT2D eigenvalue weighted by atomic mass is 127.